The van der Waals surface area contributed by atoms with Gasteiger partial charge in [0.1, 0.15) is 12.4 Å². The predicted octanol–water partition coefficient (Wildman–Crippen LogP) is 4.14. The van der Waals surface area contributed by atoms with E-state index in [4.69, 9.17) is 4.74 Å². The first-order valence-electron chi connectivity index (χ1n) is 11.4. The fourth-order valence-corrected chi connectivity index (χ4v) is 5.37. The van der Waals surface area contributed by atoms with Gasteiger partial charge in [0.25, 0.3) is 5.56 Å². The normalized spacial score (nSPS) is 19.5. The zero-order valence-electron chi connectivity index (χ0n) is 18.5. The summed E-state index contributed by atoms with van der Waals surface area (Å²) in [5, 5.41) is 1.29. The molecule has 6 nitrogen and oxygen atoms in total. The van der Waals surface area contributed by atoms with E-state index in [1.807, 2.05) is 6.07 Å². The number of nitrogens with zero attached hydrogens (tertiary/aromatic N) is 4. The van der Waals surface area contributed by atoms with Crippen LogP contribution in [0.2, 0.25) is 0 Å². The maximum atomic E-state index is 13.0. The molecule has 7 heteroatoms. The van der Waals surface area contributed by atoms with Crippen LogP contribution in [0.15, 0.2) is 59.7 Å². The van der Waals surface area contributed by atoms with Crippen LogP contribution >= 0.6 is 0 Å². The molecule has 0 spiro atoms. The van der Waals surface area contributed by atoms with E-state index in [9.17, 15) is 9.18 Å². The monoisotopic (exact) mass is 444 g/mol. The summed E-state index contributed by atoms with van der Waals surface area (Å²) < 4.78 is 22.6. The second-order valence-electron chi connectivity index (χ2n) is 9.02. The Bertz CT molecular complexity index is 1400. The van der Waals surface area contributed by atoms with Crippen molar-refractivity contribution < 1.29 is 9.13 Å². The fraction of sp³-hybridized carbons (Fsp3) is 0.308. The molecule has 0 atom stereocenters. The quantitative estimate of drug-likeness (QED) is 0.444. The van der Waals surface area contributed by atoms with E-state index < -0.39 is 5.95 Å². The van der Waals surface area contributed by atoms with Crippen LogP contribution in [0.3, 0.4) is 0 Å². The van der Waals surface area contributed by atoms with E-state index in [1.165, 1.54) is 66.4 Å². The van der Waals surface area contributed by atoms with Gasteiger partial charge in [0, 0.05) is 54.6 Å². The molecule has 1 aromatic carbocycles. The zero-order valence-corrected chi connectivity index (χ0v) is 18.5. The van der Waals surface area contributed by atoms with Crippen LogP contribution in [0.4, 0.5) is 4.39 Å². The van der Waals surface area contributed by atoms with Crippen molar-refractivity contribution in [1.82, 2.24) is 19.0 Å². The topological polar surface area (TPSA) is 52.3 Å². The smallest absolute Gasteiger partial charge is 0.258 e. The minimum absolute atomic E-state index is 0.162. The molecule has 2 bridgehead atoms. The molecule has 0 N–H and O–H groups in total. The lowest BCUT2D eigenvalue weighted by atomic mass is 9.94. The summed E-state index contributed by atoms with van der Waals surface area (Å²) in [5.74, 6) is 0.560. The van der Waals surface area contributed by atoms with Gasteiger partial charge in [0.2, 0.25) is 5.95 Å². The van der Waals surface area contributed by atoms with Crippen LogP contribution in [0.1, 0.15) is 35.6 Å². The number of pyridine rings is 2. The van der Waals surface area contributed by atoms with Gasteiger partial charge in [-0.15, -0.1) is 0 Å². The molecule has 4 aromatic rings. The zero-order chi connectivity index (χ0) is 22.5. The van der Waals surface area contributed by atoms with Crippen LogP contribution in [0.5, 0.6) is 5.75 Å². The van der Waals surface area contributed by atoms with Gasteiger partial charge in [-0.25, -0.2) is 4.98 Å². The summed E-state index contributed by atoms with van der Waals surface area (Å²) in [7, 11) is 2.16. The van der Waals surface area contributed by atoms with Gasteiger partial charge in [-0.05, 0) is 61.8 Å². The van der Waals surface area contributed by atoms with Gasteiger partial charge in [-0.3, -0.25) is 14.3 Å². The molecular weight excluding hydrogens is 419 g/mol. The van der Waals surface area contributed by atoms with Crippen LogP contribution in [-0.4, -0.2) is 32.1 Å². The van der Waals surface area contributed by atoms with Crippen molar-refractivity contribution >= 4 is 10.9 Å². The van der Waals surface area contributed by atoms with Crippen LogP contribution in [0, 0.1) is 5.95 Å². The third-order valence-electron chi connectivity index (χ3n) is 7.06. The van der Waals surface area contributed by atoms with Crippen molar-refractivity contribution in [2.75, 3.05) is 13.1 Å². The average molecular weight is 445 g/mol. The summed E-state index contributed by atoms with van der Waals surface area (Å²) >= 11 is 0. The van der Waals surface area contributed by atoms with Crippen molar-refractivity contribution in [3.05, 3.63) is 88.0 Å². The van der Waals surface area contributed by atoms with E-state index >= 15 is 0 Å². The first kappa shape index (κ1) is 20.2. The Kier molecular flexibility index (Phi) is 4.80. The SMILES string of the molecule is Cn1c2c(c3ccc(-n4ccc(OCc5ccc(F)nc5)cc4=O)cc31)CN1CCC2CC1. The lowest BCUT2D eigenvalue weighted by Crippen LogP contribution is -2.29. The number of aromatic nitrogens is 3. The van der Waals surface area contributed by atoms with E-state index in [2.05, 4.69) is 33.6 Å². The molecule has 0 unspecified atom stereocenters. The van der Waals surface area contributed by atoms with E-state index in [0.29, 0.717) is 11.7 Å². The highest BCUT2D eigenvalue weighted by atomic mass is 19.1. The Balaban J connectivity index is 1.30. The highest BCUT2D eigenvalue weighted by molar-refractivity contribution is 5.87. The minimum atomic E-state index is -0.530. The molecule has 0 amide bonds. The summed E-state index contributed by atoms with van der Waals surface area (Å²) in [6, 6.07) is 12.5. The maximum Gasteiger partial charge on any atom is 0.258 e. The molecular formula is C26H25FN4O2. The van der Waals surface area contributed by atoms with Crippen LogP contribution < -0.4 is 10.3 Å². The van der Waals surface area contributed by atoms with Gasteiger partial charge in [0.15, 0.2) is 0 Å². The van der Waals surface area contributed by atoms with Gasteiger partial charge in [-0.1, -0.05) is 6.07 Å². The van der Waals surface area contributed by atoms with Crippen molar-refractivity contribution in [3.8, 4) is 11.4 Å². The number of benzene rings is 1. The Morgan fingerprint density at radius 3 is 2.73 bits per heavy atom. The number of fused-ring (bicyclic) bond motifs is 3. The number of aryl methyl sites for hydroxylation is 1. The van der Waals surface area contributed by atoms with Crippen LogP contribution in [-0.2, 0) is 20.2 Å². The van der Waals surface area contributed by atoms with E-state index in [1.54, 1.807) is 22.9 Å². The van der Waals surface area contributed by atoms with Crippen molar-refractivity contribution in [2.45, 2.75) is 31.9 Å². The van der Waals surface area contributed by atoms with Gasteiger partial charge < -0.3 is 9.30 Å². The van der Waals surface area contributed by atoms with Crippen molar-refractivity contribution in [1.29, 1.82) is 0 Å². The summed E-state index contributed by atoms with van der Waals surface area (Å²) in [6.07, 6.45) is 5.61. The molecule has 0 saturated carbocycles. The number of rotatable bonds is 4. The first-order valence-corrected chi connectivity index (χ1v) is 11.4. The fourth-order valence-electron chi connectivity index (χ4n) is 5.37. The number of hydrogen-bond acceptors (Lipinski definition) is 4. The molecule has 0 radical (unpaired) electrons. The molecule has 6 heterocycles. The Labute approximate surface area is 190 Å². The van der Waals surface area contributed by atoms with E-state index in [0.717, 1.165) is 17.8 Å². The molecule has 1 saturated heterocycles. The summed E-state index contributed by atoms with van der Waals surface area (Å²) in [5.41, 5.74) is 5.49. The molecule has 7 rings (SSSR count). The maximum absolute atomic E-state index is 13.0. The highest BCUT2D eigenvalue weighted by Crippen LogP contribution is 2.40. The van der Waals surface area contributed by atoms with E-state index in [-0.39, 0.29) is 12.2 Å². The number of halogens is 1. The van der Waals surface area contributed by atoms with Crippen molar-refractivity contribution in [3.63, 3.8) is 0 Å². The standard InChI is InChI=1S/C26H25FN4O2/c1-29-23-12-19(3-4-21(23)22-15-30-9-6-18(7-10-30)26(22)29)31-11-8-20(13-25(31)32)33-16-17-2-5-24(27)28-14-17/h2-5,8,11-14,18H,6-7,9-10,15-16H2,1H3. The molecule has 168 valence electrons. The van der Waals surface area contributed by atoms with Crippen molar-refractivity contribution in [2.24, 2.45) is 7.05 Å². The minimum Gasteiger partial charge on any atom is -0.489 e. The van der Waals surface area contributed by atoms with Gasteiger partial charge in [0.05, 0.1) is 11.2 Å². The third-order valence-corrected chi connectivity index (χ3v) is 7.06. The molecule has 3 aliphatic heterocycles. The molecule has 33 heavy (non-hydrogen) atoms. The Morgan fingerprint density at radius 2 is 1.97 bits per heavy atom. The molecule has 0 aliphatic carbocycles. The second kappa shape index (κ2) is 7.85. The van der Waals surface area contributed by atoms with Crippen LogP contribution in [0.25, 0.3) is 16.6 Å². The predicted molar refractivity (Wildman–Crippen MR) is 124 cm³/mol. The van der Waals surface area contributed by atoms with Gasteiger partial charge >= 0.3 is 0 Å². The first-order chi connectivity index (χ1) is 16.1. The molecule has 1 fully saturated rings. The number of hydrogen-bond donors (Lipinski definition) is 0. The summed E-state index contributed by atoms with van der Waals surface area (Å²) in [6.45, 7) is 3.59. The molecule has 3 aromatic heterocycles. The number of piperidine rings is 1. The average Bonchev–Trinajstić information content (AvgIpc) is 2.97. The molecule has 3 aliphatic rings. The Morgan fingerprint density at radius 1 is 1.12 bits per heavy atom. The lowest BCUT2D eigenvalue weighted by Gasteiger charge is -2.27. The van der Waals surface area contributed by atoms with Gasteiger partial charge in [-0.2, -0.15) is 4.39 Å². The Hall–Kier alpha value is -3.45. The largest absolute Gasteiger partial charge is 0.489 e. The second-order valence-corrected chi connectivity index (χ2v) is 9.02. The third kappa shape index (κ3) is 3.53. The lowest BCUT2D eigenvalue weighted by molar-refractivity contribution is 0.220. The highest BCUT2D eigenvalue weighted by Gasteiger charge is 2.31. The summed E-state index contributed by atoms with van der Waals surface area (Å²) in [4.78, 5) is 19.0. The number of ether oxygens (including phenoxy) is 1.